The first kappa shape index (κ1) is 41.2. The van der Waals surface area contributed by atoms with E-state index in [1.54, 1.807) is 0 Å². The molecule has 4 amide bonds. The van der Waals surface area contributed by atoms with Crippen molar-refractivity contribution >= 4 is 47.1 Å². The number of ether oxygens (including phenoxy) is 2. The van der Waals surface area contributed by atoms with Gasteiger partial charge in [-0.05, 0) is 32.7 Å². The lowest BCUT2D eigenvalue weighted by Gasteiger charge is -2.18. The number of unbranched alkanes of at least 4 members (excludes halogenated alkanes) is 7. The van der Waals surface area contributed by atoms with Crippen LogP contribution < -0.4 is 27.0 Å². The number of amides is 4. The van der Waals surface area contributed by atoms with Crippen LogP contribution in [0.4, 0.5) is 0 Å². The summed E-state index contributed by atoms with van der Waals surface area (Å²) in [4.78, 5) is 69.5. The fourth-order valence-electron chi connectivity index (χ4n) is 3.83. The maximum atomic E-state index is 12.5. The van der Waals surface area contributed by atoms with E-state index in [0.29, 0.717) is 24.5 Å². The highest BCUT2D eigenvalue weighted by Gasteiger charge is 2.19. The molecule has 0 aromatic heterocycles. The zero-order valence-electron chi connectivity index (χ0n) is 26.1. The third-order valence-electron chi connectivity index (χ3n) is 6.12. The number of hydrogen-bond donors (Lipinski definition) is 6. The van der Waals surface area contributed by atoms with Gasteiger partial charge in [-0.3, -0.25) is 28.8 Å². The molecule has 0 rings (SSSR count). The molecule has 14 nitrogen and oxygen atoms in total. The Bertz CT molecular complexity index is 848. The standard InChI is InChI=1S/C29H53N5O9S/c1-23(35)22-44-19-12-25(36)33-20-26(37)31-15-16-42-17-18-43-21-27(38)34-24(11-13-30)29(41)32-14-9-7-5-3-2-4-6-8-10-28(39)40/h24H,2-22,30H2,1H3,(H,31,37)(H,32,41)(H,33,36)(H,34,38)(H,39,40)/t24-/m0/s1. The van der Waals surface area contributed by atoms with E-state index in [0.717, 1.165) is 51.4 Å². The highest BCUT2D eigenvalue weighted by molar-refractivity contribution is 7.99. The van der Waals surface area contributed by atoms with Crippen molar-refractivity contribution < 1.29 is 43.3 Å². The molecule has 7 N–H and O–H groups in total. The molecule has 0 aromatic carbocycles. The molecule has 1 atom stereocenters. The molecule has 0 saturated carbocycles. The number of carbonyl (C=O) groups is 6. The summed E-state index contributed by atoms with van der Waals surface area (Å²) in [5, 5.41) is 19.2. The molecule has 0 heterocycles. The van der Waals surface area contributed by atoms with Gasteiger partial charge in [0.05, 0.1) is 32.1 Å². The lowest BCUT2D eigenvalue weighted by atomic mass is 10.1. The minimum absolute atomic E-state index is 0.0532. The SMILES string of the molecule is CC(=O)CSCCC(=O)NCC(=O)NCCOCCOCC(=O)N[C@@H](CCN)C(=O)NCCCCCCCCCCC(=O)O. The number of carboxylic acids is 1. The molecule has 0 bridgehead atoms. The van der Waals surface area contributed by atoms with Crippen LogP contribution in [0.1, 0.15) is 77.6 Å². The Morgan fingerprint density at radius 3 is 2.07 bits per heavy atom. The number of hydrogen-bond acceptors (Lipinski definition) is 10. The van der Waals surface area contributed by atoms with E-state index >= 15 is 0 Å². The smallest absolute Gasteiger partial charge is 0.303 e. The summed E-state index contributed by atoms with van der Waals surface area (Å²) in [7, 11) is 0. The Morgan fingerprint density at radius 1 is 0.750 bits per heavy atom. The van der Waals surface area contributed by atoms with Gasteiger partial charge in [-0.25, -0.2) is 0 Å². The Labute approximate surface area is 265 Å². The molecule has 0 unspecified atom stereocenters. The van der Waals surface area contributed by atoms with Crippen LogP contribution in [0.2, 0.25) is 0 Å². The maximum absolute atomic E-state index is 12.5. The van der Waals surface area contributed by atoms with Crippen LogP contribution in [-0.4, -0.2) is 111 Å². The zero-order chi connectivity index (χ0) is 32.8. The zero-order valence-corrected chi connectivity index (χ0v) is 26.9. The van der Waals surface area contributed by atoms with Crippen LogP contribution in [0.5, 0.6) is 0 Å². The third-order valence-corrected chi connectivity index (χ3v) is 7.23. The summed E-state index contributed by atoms with van der Waals surface area (Å²) in [5.41, 5.74) is 5.61. The normalized spacial score (nSPS) is 11.4. The van der Waals surface area contributed by atoms with Gasteiger partial charge in [0, 0.05) is 31.7 Å². The Balaban J connectivity index is 3.80. The molecule has 0 aliphatic carbocycles. The number of ketones is 1. The minimum atomic E-state index is -0.746. The van der Waals surface area contributed by atoms with Gasteiger partial charge < -0.3 is 41.6 Å². The monoisotopic (exact) mass is 647 g/mol. The average molecular weight is 648 g/mol. The molecule has 0 aliphatic heterocycles. The largest absolute Gasteiger partial charge is 0.481 e. The number of thioether (sulfide) groups is 1. The van der Waals surface area contributed by atoms with Crippen molar-refractivity contribution in [3.63, 3.8) is 0 Å². The van der Waals surface area contributed by atoms with Crippen molar-refractivity contribution in [3.8, 4) is 0 Å². The van der Waals surface area contributed by atoms with Gasteiger partial charge in [-0.2, -0.15) is 11.8 Å². The quantitative estimate of drug-likeness (QED) is 0.0591. The molecule has 44 heavy (non-hydrogen) atoms. The molecule has 0 saturated heterocycles. The maximum Gasteiger partial charge on any atom is 0.303 e. The highest BCUT2D eigenvalue weighted by atomic mass is 32.2. The van der Waals surface area contributed by atoms with Crippen LogP contribution in [0, 0.1) is 0 Å². The predicted octanol–water partition coefficient (Wildman–Crippen LogP) is 0.510. The first-order valence-corrected chi connectivity index (χ1v) is 16.6. The van der Waals surface area contributed by atoms with Crippen molar-refractivity contribution in [1.29, 1.82) is 0 Å². The fourth-order valence-corrected chi connectivity index (χ4v) is 4.59. The Morgan fingerprint density at radius 2 is 1.41 bits per heavy atom. The van der Waals surface area contributed by atoms with Crippen molar-refractivity contribution in [3.05, 3.63) is 0 Å². The number of Topliss-reactive ketones (excluding diaryl/α,β-unsaturated/α-hetero) is 1. The third kappa shape index (κ3) is 28.0. The van der Waals surface area contributed by atoms with E-state index < -0.39 is 17.9 Å². The van der Waals surface area contributed by atoms with Gasteiger partial charge in [-0.15, -0.1) is 0 Å². The summed E-state index contributed by atoms with van der Waals surface area (Å²) in [6.45, 7) is 2.69. The van der Waals surface area contributed by atoms with E-state index in [2.05, 4.69) is 21.3 Å². The van der Waals surface area contributed by atoms with Crippen LogP contribution in [-0.2, 0) is 38.2 Å². The van der Waals surface area contributed by atoms with Crippen molar-refractivity contribution in [1.82, 2.24) is 21.3 Å². The summed E-state index contributed by atoms with van der Waals surface area (Å²) in [5.74, 6) is -1.14. The number of nitrogens with two attached hydrogens (primary N) is 1. The molecular formula is C29H53N5O9S. The molecule has 254 valence electrons. The van der Waals surface area contributed by atoms with E-state index in [9.17, 15) is 28.8 Å². The fraction of sp³-hybridized carbons (Fsp3) is 0.793. The molecule has 0 radical (unpaired) electrons. The van der Waals surface area contributed by atoms with Gasteiger partial charge in [0.1, 0.15) is 18.4 Å². The van der Waals surface area contributed by atoms with Gasteiger partial charge in [0.15, 0.2) is 0 Å². The molecule has 0 aliphatic rings. The van der Waals surface area contributed by atoms with Crippen molar-refractivity contribution in [2.24, 2.45) is 5.73 Å². The van der Waals surface area contributed by atoms with Gasteiger partial charge in [-0.1, -0.05) is 38.5 Å². The summed E-state index contributed by atoms with van der Waals surface area (Å²) in [6.07, 6.45) is 8.50. The second-order valence-corrected chi connectivity index (χ2v) is 11.4. The van der Waals surface area contributed by atoms with Crippen LogP contribution in [0.25, 0.3) is 0 Å². The number of rotatable bonds is 30. The summed E-state index contributed by atoms with van der Waals surface area (Å²) >= 11 is 1.37. The van der Waals surface area contributed by atoms with E-state index in [4.69, 9.17) is 20.3 Å². The second-order valence-electron chi connectivity index (χ2n) is 10.3. The second kappa shape index (κ2) is 29.0. The van der Waals surface area contributed by atoms with Gasteiger partial charge in [0.25, 0.3) is 0 Å². The number of nitrogens with one attached hydrogen (secondary N) is 4. The summed E-state index contributed by atoms with van der Waals surface area (Å²) in [6, 6.07) is -0.739. The Hall–Kier alpha value is -2.75. The molecular weight excluding hydrogens is 594 g/mol. The highest BCUT2D eigenvalue weighted by Crippen LogP contribution is 2.09. The minimum Gasteiger partial charge on any atom is -0.481 e. The lowest BCUT2D eigenvalue weighted by molar-refractivity contribution is -0.137. The number of aliphatic carboxylic acids is 1. The number of carboxylic acid groups (broad SMARTS) is 1. The average Bonchev–Trinajstić information content (AvgIpc) is 2.97. The molecule has 0 fully saturated rings. The number of carbonyl (C=O) groups excluding carboxylic acids is 5. The molecule has 15 heteroatoms. The van der Waals surface area contributed by atoms with Gasteiger partial charge in [0.2, 0.25) is 23.6 Å². The molecule has 0 aromatic rings. The van der Waals surface area contributed by atoms with E-state index in [1.807, 2.05) is 0 Å². The van der Waals surface area contributed by atoms with Gasteiger partial charge >= 0.3 is 5.97 Å². The first-order chi connectivity index (χ1) is 21.1. The predicted molar refractivity (Wildman–Crippen MR) is 168 cm³/mol. The molecule has 0 spiro atoms. The van der Waals surface area contributed by atoms with Crippen molar-refractivity contribution in [2.75, 3.05) is 64.1 Å². The lowest BCUT2D eigenvalue weighted by Crippen LogP contribution is -2.48. The Kier molecular flexibility index (Phi) is 27.2. The first-order valence-electron chi connectivity index (χ1n) is 15.4. The van der Waals surface area contributed by atoms with E-state index in [-0.39, 0.29) is 82.4 Å². The van der Waals surface area contributed by atoms with Crippen LogP contribution in [0.3, 0.4) is 0 Å². The summed E-state index contributed by atoms with van der Waals surface area (Å²) < 4.78 is 10.7. The topological polar surface area (TPSA) is 215 Å². The van der Waals surface area contributed by atoms with Crippen LogP contribution in [0.15, 0.2) is 0 Å². The van der Waals surface area contributed by atoms with Crippen molar-refractivity contribution in [2.45, 2.75) is 83.6 Å². The van der Waals surface area contributed by atoms with E-state index in [1.165, 1.54) is 18.7 Å². The van der Waals surface area contributed by atoms with Crippen LogP contribution >= 0.6 is 11.8 Å².